The molecule has 1 rings (SSSR count). The zero-order chi connectivity index (χ0) is 11.6. The van der Waals surface area contributed by atoms with Crippen molar-refractivity contribution in [1.29, 1.82) is 0 Å². The summed E-state index contributed by atoms with van der Waals surface area (Å²) in [5.74, 6) is 0. The third-order valence-electron chi connectivity index (χ3n) is 2.02. The van der Waals surface area contributed by atoms with E-state index in [0.717, 1.165) is 5.69 Å². The van der Waals surface area contributed by atoms with Gasteiger partial charge in [0.2, 0.25) is 0 Å². The fourth-order valence-corrected chi connectivity index (χ4v) is 1.86. The molecule has 0 aliphatic carbocycles. The van der Waals surface area contributed by atoms with Crippen LogP contribution in [0.4, 0.5) is 0 Å². The number of nitrogens with one attached hydrogen (secondary N) is 1. The van der Waals surface area contributed by atoms with Gasteiger partial charge in [-0.3, -0.25) is 4.68 Å². The average molecular weight is 229 g/mol. The molecule has 0 unspecified atom stereocenters. The van der Waals surface area contributed by atoms with Crippen molar-refractivity contribution in [2.45, 2.75) is 38.5 Å². The van der Waals surface area contributed by atoms with Crippen LogP contribution in [0.5, 0.6) is 0 Å². The molecule has 4 nitrogen and oxygen atoms in total. The number of aryl methyl sites for hydroxylation is 1. The maximum atomic E-state index is 11.8. The quantitative estimate of drug-likeness (QED) is 0.854. The lowest BCUT2D eigenvalue weighted by Gasteiger charge is -2.20. The fraction of sp³-hybridized carbons (Fsp3) is 0.700. The Labute approximate surface area is 93.7 Å². The van der Waals surface area contributed by atoms with Crippen LogP contribution in [0.3, 0.4) is 0 Å². The van der Waals surface area contributed by atoms with Crippen LogP contribution in [0.2, 0.25) is 0 Å². The van der Waals surface area contributed by atoms with E-state index in [1.165, 1.54) is 0 Å². The minimum atomic E-state index is -1.06. The highest BCUT2D eigenvalue weighted by atomic mass is 32.2. The van der Waals surface area contributed by atoms with E-state index in [-0.39, 0.29) is 10.8 Å². The van der Waals surface area contributed by atoms with Gasteiger partial charge in [-0.25, -0.2) is 8.93 Å². The molecule has 1 aromatic rings. The fourth-order valence-electron chi connectivity index (χ4n) is 1.06. The summed E-state index contributed by atoms with van der Waals surface area (Å²) in [5.41, 5.74) is 0.912. The molecule has 1 aromatic heterocycles. The molecule has 1 heterocycles. The molecule has 86 valence electrons. The van der Waals surface area contributed by atoms with E-state index in [4.69, 9.17) is 0 Å². The van der Waals surface area contributed by atoms with Crippen LogP contribution < -0.4 is 4.72 Å². The number of rotatable bonds is 3. The van der Waals surface area contributed by atoms with E-state index >= 15 is 0 Å². The molecule has 0 aliphatic rings. The van der Waals surface area contributed by atoms with E-state index in [1.807, 2.05) is 47.0 Å². The van der Waals surface area contributed by atoms with Crippen LogP contribution in [0.25, 0.3) is 0 Å². The van der Waals surface area contributed by atoms with Crippen LogP contribution in [0.1, 0.15) is 39.4 Å². The second-order valence-corrected chi connectivity index (χ2v) is 6.63. The van der Waals surface area contributed by atoms with Crippen molar-refractivity contribution < 1.29 is 4.21 Å². The molecule has 1 N–H and O–H groups in total. The Balaban J connectivity index is 2.64. The molecule has 15 heavy (non-hydrogen) atoms. The molecule has 0 amide bonds. The molecule has 0 fully saturated rings. The van der Waals surface area contributed by atoms with E-state index in [0.29, 0.717) is 0 Å². The summed E-state index contributed by atoms with van der Waals surface area (Å²) in [7, 11) is 0.814. The van der Waals surface area contributed by atoms with Gasteiger partial charge in [0, 0.05) is 13.2 Å². The Morgan fingerprint density at radius 1 is 1.53 bits per heavy atom. The number of hydrogen-bond donors (Lipinski definition) is 1. The van der Waals surface area contributed by atoms with Gasteiger partial charge in [0.1, 0.15) is 0 Å². The first-order chi connectivity index (χ1) is 6.80. The van der Waals surface area contributed by atoms with Crippen molar-refractivity contribution in [1.82, 2.24) is 14.5 Å². The van der Waals surface area contributed by atoms with E-state index in [2.05, 4.69) is 9.82 Å². The topological polar surface area (TPSA) is 46.9 Å². The van der Waals surface area contributed by atoms with Crippen LogP contribution >= 0.6 is 0 Å². The summed E-state index contributed by atoms with van der Waals surface area (Å²) in [6.45, 7) is 7.80. The van der Waals surface area contributed by atoms with Crippen molar-refractivity contribution in [3.05, 3.63) is 18.0 Å². The number of aromatic nitrogens is 2. The Morgan fingerprint density at radius 3 is 2.53 bits per heavy atom. The predicted molar refractivity (Wildman–Crippen MR) is 62.7 cm³/mol. The Morgan fingerprint density at radius 2 is 2.13 bits per heavy atom. The van der Waals surface area contributed by atoms with Crippen molar-refractivity contribution >= 4 is 11.0 Å². The molecule has 5 heteroatoms. The first-order valence-corrected chi connectivity index (χ1v) is 6.13. The van der Waals surface area contributed by atoms with Crippen LogP contribution in [0, 0.1) is 0 Å². The lowest BCUT2D eigenvalue weighted by molar-refractivity contribution is 0.605. The predicted octanol–water partition coefficient (Wildman–Crippen LogP) is 1.53. The minimum absolute atomic E-state index is 0.00579. The molecular formula is C10H19N3OS. The summed E-state index contributed by atoms with van der Waals surface area (Å²) < 4.78 is 16.4. The standard InChI is InChI=1S/C10H19N3OS/c1-8(9-6-7-13(5)11-9)12-15(14)10(2,3)4/h6-8,12H,1-5H3/t8-,15+/m1/s1. The third kappa shape index (κ3) is 3.43. The summed E-state index contributed by atoms with van der Waals surface area (Å²) in [6.07, 6.45) is 1.88. The first kappa shape index (κ1) is 12.4. The Kier molecular flexibility index (Phi) is 3.67. The molecular weight excluding hydrogens is 210 g/mol. The van der Waals surface area contributed by atoms with Gasteiger partial charge in [0.25, 0.3) is 0 Å². The summed E-state index contributed by atoms with van der Waals surface area (Å²) in [5, 5.41) is 4.27. The maximum Gasteiger partial charge on any atom is 0.0976 e. The van der Waals surface area contributed by atoms with Gasteiger partial charge in [-0.15, -0.1) is 0 Å². The highest BCUT2D eigenvalue weighted by Gasteiger charge is 2.22. The van der Waals surface area contributed by atoms with Crippen molar-refractivity contribution in [2.24, 2.45) is 7.05 Å². The maximum absolute atomic E-state index is 11.8. The summed E-state index contributed by atoms with van der Waals surface area (Å²) >= 11 is 0. The van der Waals surface area contributed by atoms with Gasteiger partial charge >= 0.3 is 0 Å². The van der Waals surface area contributed by atoms with Crippen molar-refractivity contribution in [3.63, 3.8) is 0 Å². The average Bonchev–Trinajstić information content (AvgIpc) is 2.50. The van der Waals surface area contributed by atoms with E-state index in [1.54, 1.807) is 4.68 Å². The zero-order valence-corrected chi connectivity index (χ0v) is 10.8. The number of nitrogens with zero attached hydrogens (tertiary/aromatic N) is 2. The summed E-state index contributed by atoms with van der Waals surface area (Å²) in [4.78, 5) is 0. The van der Waals surface area contributed by atoms with E-state index in [9.17, 15) is 4.21 Å². The third-order valence-corrected chi connectivity index (χ3v) is 3.70. The second kappa shape index (κ2) is 4.45. The second-order valence-electron chi connectivity index (χ2n) is 4.63. The zero-order valence-electron chi connectivity index (χ0n) is 9.94. The monoisotopic (exact) mass is 229 g/mol. The Bertz CT molecular complexity index is 354. The highest BCUT2D eigenvalue weighted by Crippen LogP contribution is 2.15. The first-order valence-electron chi connectivity index (χ1n) is 4.98. The van der Waals surface area contributed by atoms with E-state index < -0.39 is 11.0 Å². The lowest BCUT2D eigenvalue weighted by atomic mass is 10.3. The SMILES string of the molecule is C[C@@H](N[S@@](=O)C(C)(C)C)c1ccn(C)n1. The van der Waals surface area contributed by atoms with Crippen LogP contribution in [0.15, 0.2) is 12.3 Å². The molecule has 0 radical (unpaired) electrons. The van der Waals surface area contributed by atoms with Gasteiger partial charge in [-0.05, 0) is 33.8 Å². The van der Waals surface area contributed by atoms with Crippen molar-refractivity contribution in [2.75, 3.05) is 0 Å². The molecule has 0 aromatic carbocycles. The van der Waals surface area contributed by atoms with Gasteiger partial charge in [0.05, 0.1) is 27.5 Å². The van der Waals surface area contributed by atoms with Crippen molar-refractivity contribution in [3.8, 4) is 0 Å². The molecule has 2 atom stereocenters. The molecule has 0 aliphatic heterocycles. The minimum Gasteiger partial charge on any atom is -0.275 e. The normalized spacial score (nSPS) is 16.3. The van der Waals surface area contributed by atoms with Gasteiger partial charge in [-0.1, -0.05) is 0 Å². The molecule has 0 saturated heterocycles. The van der Waals surface area contributed by atoms with Gasteiger partial charge in [0.15, 0.2) is 0 Å². The highest BCUT2D eigenvalue weighted by molar-refractivity contribution is 7.84. The summed E-state index contributed by atoms with van der Waals surface area (Å²) in [6, 6.07) is 1.93. The largest absolute Gasteiger partial charge is 0.275 e. The smallest absolute Gasteiger partial charge is 0.0976 e. The van der Waals surface area contributed by atoms with Crippen LogP contribution in [-0.4, -0.2) is 18.7 Å². The molecule has 0 spiro atoms. The Hall–Kier alpha value is -0.680. The van der Waals surface area contributed by atoms with Crippen LogP contribution in [-0.2, 0) is 18.0 Å². The van der Waals surface area contributed by atoms with Gasteiger partial charge < -0.3 is 0 Å². The lowest BCUT2D eigenvalue weighted by Crippen LogP contribution is -2.34. The molecule has 0 saturated carbocycles. The number of hydrogen-bond acceptors (Lipinski definition) is 2. The van der Waals surface area contributed by atoms with Gasteiger partial charge in [-0.2, -0.15) is 5.10 Å². The molecule has 0 bridgehead atoms.